The number of hydrogen-bond donors (Lipinski definition) is 1. The number of likely N-dealkylation sites (N-methyl/N-ethyl adjacent to an activating group) is 1. The number of amides is 2. The number of para-hydroxylation sites is 1. The number of nitrogens with two attached hydrogens (primary N) is 1. The van der Waals surface area contributed by atoms with Crippen molar-refractivity contribution in [1.82, 2.24) is 4.90 Å². The molecule has 3 rings (SSSR count). The summed E-state index contributed by atoms with van der Waals surface area (Å²) < 4.78 is 6.02. The van der Waals surface area contributed by atoms with Crippen LogP contribution in [0.3, 0.4) is 0 Å². The third-order valence-corrected chi connectivity index (χ3v) is 4.33. The first-order valence-electron chi connectivity index (χ1n) is 8.95. The summed E-state index contributed by atoms with van der Waals surface area (Å²) in [6.45, 7) is 0.335. The van der Waals surface area contributed by atoms with Gasteiger partial charge in [-0.25, -0.2) is 0 Å². The zero-order chi connectivity index (χ0) is 19.9. The van der Waals surface area contributed by atoms with Crippen molar-refractivity contribution in [3.63, 3.8) is 0 Å². The van der Waals surface area contributed by atoms with Crippen molar-refractivity contribution >= 4 is 11.8 Å². The maximum Gasteiger partial charge on any atom is 0.268 e. The maximum atomic E-state index is 13.2. The van der Waals surface area contributed by atoms with Gasteiger partial charge in [0.2, 0.25) is 12.0 Å². The zero-order valence-corrected chi connectivity index (χ0v) is 15.6. The topological polar surface area (TPSA) is 72.6 Å². The molecule has 3 aromatic carbocycles. The van der Waals surface area contributed by atoms with E-state index in [2.05, 4.69) is 0 Å². The fourth-order valence-corrected chi connectivity index (χ4v) is 2.90. The van der Waals surface area contributed by atoms with Gasteiger partial charge < -0.3 is 15.4 Å². The quantitative estimate of drug-likeness (QED) is 0.687. The number of hydrogen-bond acceptors (Lipinski definition) is 3. The maximum absolute atomic E-state index is 13.2. The van der Waals surface area contributed by atoms with Crippen LogP contribution in [0, 0.1) is 0 Å². The molecule has 5 heteroatoms. The Labute approximate surface area is 164 Å². The molecule has 2 amide bonds. The van der Waals surface area contributed by atoms with Crippen LogP contribution in [0.4, 0.5) is 0 Å². The van der Waals surface area contributed by atoms with Gasteiger partial charge in [-0.1, -0.05) is 60.7 Å². The van der Waals surface area contributed by atoms with E-state index >= 15 is 0 Å². The Kier molecular flexibility index (Phi) is 6.07. The van der Waals surface area contributed by atoms with Crippen LogP contribution in [0.15, 0.2) is 84.9 Å². The predicted molar refractivity (Wildman–Crippen MR) is 108 cm³/mol. The normalized spacial score (nSPS) is 11.5. The number of benzene rings is 3. The third kappa shape index (κ3) is 4.76. The molecule has 0 aromatic heterocycles. The minimum atomic E-state index is -0.770. The van der Waals surface area contributed by atoms with Crippen LogP contribution >= 0.6 is 0 Å². The van der Waals surface area contributed by atoms with Crippen molar-refractivity contribution in [3.8, 4) is 5.75 Å². The fourth-order valence-electron chi connectivity index (χ4n) is 2.90. The molecular formula is C23H22N2O3. The number of nitrogens with zero attached hydrogens (tertiary/aromatic N) is 1. The highest BCUT2D eigenvalue weighted by atomic mass is 16.5. The SMILES string of the molecule is CN(Cc1cccc(C(N)=O)c1)C(=O)C(Oc1ccccc1)c1ccccc1. The average molecular weight is 374 g/mol. The molecule has 1 unspecified atom stereocenters. The lowest BCUT2D eigenvalue weighted by molar-refractivity contribution is -0.138. The summed E-state index contributed by atoms with van der Waals surface area (Å²) in [4.78, 5) is 26.2. The van der Waals surface area contributed by atoms with Gasteiger partial charge in [-0.2, -0.15) is 0 Å². The van der Waals surface area contributed by atoms with Crippen LogP contribution in [-0.4, -0.2) is 23.8 Å². The Morgan fingerprint density at radius 2 is 1.57 bits per heavy atom. The van der Waals surface area contributed by atoms with Crippen LogP contribution in [-0.2, 0) is 11.3 Å². The lowest BCUT2D eigenvalue weighted by Crippen LogP contribution is -2.34. The van der Waals surface area contributed by atoms with Gasteiger partial charge in [0.15, 0.2) is 0 Å². The molecule has 0 fully saturated rings. The number of carbonyl (C=O) groups is 2. The summed E-state index contributed by atoms with van der Waals surface area (Å²) >= 11 is 0. The van der Waals surface area contributed by atoms with Crippen molar-refractivity contribution in [1.29, 1.82) is 0 Å². The van der Waals surface area contributed by atoms with Crippen molar-refractivity contribution in [2.45, 2.75) is 12.6 Å². The summed E-state index contributed by atoms with van der Waals surface area (Å²) in [5.74, 6) is -0.0567. The van der Waals surface area contributed by atoms with Crippen LogP contribution in [0.2, 0.25) is 0 Å². The Bertz CT molecular complexity index is 942. The van der Waals surface area contributed by atoms with E-state index in [9.17, 15) is 9.59 Å². The van der Waals surface area contributed by atoms with E-state index in [4.69, 9.17) is 10.5 Å². The highest BCUT2D eigenvalue weighted by Gasteiger charge is 2.26. The van der Waals surface area contributed by atoms with Gasteiger partial charge in [0.25, 0.3) is 5.91 Å². The van der Waals surface area contributed by atoms with Crippen molar-refractivity contribution < 1.29 is 14.3 Å². The predicted octanol–water partition coefficient (Wildman–Crippen LogP) is 3.56. The first-order valence-corrected chi connectivity index (χ1v) is 8.95. The highest BCUT2D eigenvalue weighted by Crippen LogP contribution is 2.24. The minimum Gasteiger partial charge on any atom is -0.476 e. The third-order valence-electron chi connectivity index (χ3n) is 4.33. The molecule has 28 heavy (non-hydrogen) atoms. The molecule has 5 nitrogen and oxygen atoms in total. The van der Waals surface area contributed by atoms with Gasteiger partial charge in [-0.05, 0) is 29.8 Å². The van der Waals surface area contributed by atoms with E-state index in [1.807, 2.05) is 66.7 Å². The molecule has 0 spiro atoms. The number of carbonyl (C=O) groups excluding carboxylic acids is 2. The summed E-state index contributed by atoms with van der Waals surface area (Å²) in [6, 6.07) is 25.6. The summed E-state index contributed by atoms with van der Waals surface area (Å²) in [7, 11) is 1.71. The summed E-state index contributed by atoms with van der Waals surface area (Å²) in [5, 5.41) is 0. The van der Waals surface area contributed by atoms with Crippen molar-refractivity contribution in [2.24, 2.45) is 5.73 Å². The second-order valence-electron chi connectivity index (χ2n) is 6.48. The Balaban J connectivity index is 1.82. The van der Waals surface area contributed by atoms with E-state index in [-0.39, 0.29) is 5.91 Å². The first-order chi connectivity index (χ1) is 13.5. The number of ether oxygens (including phenoxy) is 1. The van der Waals surface area contributed by atoms with Crippen LogP contribution in [0.5, 0.6) is 5.75 Å². The molecule has 1 atom stereocenters. The molecule has 0 aliphatic rings. The second kappa shape index (κ2) is 8.86. The molecular weight excluding hydrogens is 352 g/mol. The second-order valence-corrected chi connectivity index (χ2v) is 6.48. The Morgan fingerprint density at radius 3 is 2.21 bits per heavy atom. The van der Waals surface area contributed by atoms with Crippen LogP contribution in [0.25, 0.3) is 0 Å². The lowest BCUT2D eigenvalue weighted by atomic mass is 10.1. The fraction of sp³-hybridized carbons (Fsp3) is 0.130. The molecule has 0 radical (unpaired) electrons. The van der Waals surface area contributed by atoms with Gasteiger partial charge >= 0.3 is 0 Å². The zero-order valence-electron chi connectivity index (χ0n) is 15.6. The number of rotatable bonds is 7. The van der Waals surface area contributed by atoms with Gasteiger partial charge in [0.05, 0.1) is 0 Å². The molecule has 0 aliphatic carbocycles. The van der Waals surface area contributed by atoms with Gasteiger partial charge in [-0.15, -0.1) is 0 Å². The largest absolute Gasteiger partial charge is 0.476 e. The van der Waals surface area contributed by atoms with E-state index in [1.165, 1.54) is 0 Å². The van der Waals surface area contributed by atoms with Gasteiger partial charge in [0, 0.05) is 24.7 Å². The minimum absolute atomic E-state index is 0.181. The molecule has 0 bridgehead atoms. The lowest BCUT2D eigenvalue weighted by Gasteiger charge is -2.25. The molecule has 0 heterocycles. The van der Waals surface area contributed by atoms with Crippen molar-refractivity contribution in [3.05, 3.63) is 102 Å². The molecule has 2 N–H and O–H groups in total. The van der Waals surface area contributed by atoms with Crippen molar-refractivity contribution in [2.75, 3.05) is 7.05 Å². The molecule has 0 saturated heterocycles. The Hall–Kier alpha value is -3.60. The summed E-state index contributed by atoms with van der Waals surface area (Å²) in [6.07, 6.45) is -0.770. The number of primary amides is 1. The van der Waals surface area contributed by atoms with Gasteiger partial charge in [0.1, 0.15) is 5.75 Å². The van der Waals surface area contributed by atoms with E-state index in [0.717, 1.165) is 11.1 Å². The smallest absolute Gasteiger partial charge is 0.268 e. The average Bonchev–Trinajstić information content (AvgIpc) is 2.73. The van der Waals surface area contributed by atoms with E-state index in [1.54, 1.807) is 30.1 Å². The molecule has 0 aliphatic heterocycles. The van der Waals surface area contributed by atoms with Crippen LogP contribution in [0.1, 0.15) is 27.6 Å². The van der Waals surface area contributed by atoms with E-state index in [0.29, 0.717) is 17.9 Å². The summed E-state index contributed by atoms with van der Waals surface area (Å²) in [5.41, 5.74) is 7.35. The highest BCUT2D eigenvalue weighted by molar-refractivity contribution is 5.92. The molecule has 142 valence electrons. The van der Waals surface area contributed by atoms with Crippen LogP contribution < -0.4 is 10.5 Å². The standard InChI is InChI=1S/C23H22N2O3/c1-25(16-17-9-8-12-19(15-17)22(24)26)23(27)21(18-10-4-2-5-11-18)28-20-13-6-3-7-14-20/h2-15,21H,16H2,1H3,(H2,24,26). The molecule has 0 saturated carbocycles. The van der Waals surface area contributed by atoms with E-state index < -0.39 is 12.0 Å². The van der Waals surface area contributed by atoms with Gasteiger partial charge in [-0.3, -0.25) is 9.59 Å². The molecule has 3 aromatic rings. The first kappa shape index (κ1) is 19.2. The Morgan fingerprint density at radius 1 is 0.929 bits per heavy atom. The monoisotopic (exact) mass is 374 g/mol.